The average Bonchev–Trinajstić information content (AvgIpc) is 2.83. The molecule has 0 bridgehead atoms. The first-order valence-corrected chi connectivity index (χ1v) is 7.68. The van der Waals surface area contributed by atoms with E-state index in [1.54, 1.807) is 11.8 Å². The molecule has 1 fully saturated rings. The van der Waals surface area contributed by atoms with E-state index in [9.17, 15) is 4.79 Å². The lowest BCUT2D eigenvalue weighted by Crippen LogP contribution is -2.33. The number of carbonyl (C=O) groups is 1. The normalized spacial score (nSPS) is 21.2. The average molecular weight is 314 g/mol. The predicted octanol–water partition coefficient (Wildman–Crippen LogP) is 3.52. The molecule has 2 atom stereocenters. The van der Waals surface area contributed by atoms with Crippen LogP contribution in [0.4, 0.5) is 0 Å². The molecule has 1 saturated heterocycles. The fourth-order valence-corrected chi connectivity index (χ4v) is 3.36. The largest absolute Gasteiger partial charge is 0.349 e. The number of benzene rings is 1. The summed E-state index contributed by atoms with van der Waals surface area (Å²) in [4.78, 5) is 12.0. The van der Waals surface area contributed by atoms with Gasteiger partial charge in [-0.05, 0) is 43.2 Å². The first-order valence-electron chi connectivity index (χ1n) is 5.84. The van der Waals surface area contributed by atoms with Gasteiger partial charge in [0.25, 0.3) is 0 Å². The summed E-state index contributed by atoms with van der Waals surface area (Å²) < 4.78 is 1.06. The molecule has 1 aromatic carbocycles. The predicted molar refractivity (Wildman–Crippen MR) is 76.2 cm³/mol. The highest BCUT2D eigenvalue weighted by Gasteiger charge is 2.24. The highest BCUT2D eigenvalue weighted by molar-refractivity contribution is 9.10. The summed E-state index contributed by atoms with van der Waals surface area (Å²) in [6.07, 6.45) is 2.18. The molecule has 1 heterocycles. The third-order valence-corrected chi connectivity index (χ3v) is 4.86. The van der Waals surface area contributed by atoms with Gasteiger partial charge in [-0.3, -0.25) is 4.79 Å². The second-order valence-corrected chi connectivity index (χ2v) is 6.51. The maximum absolute atomic E-state index is 12.0. The Morgan fingerprint density at radius 3 is 2.76 bits per heavy atom. The van der Waals surface area contributed by atoms with E-state index < -0.39 is 0 Å². The zero-order chi connectivity index (χ0) is 12.3. The van der Waals surface area contributed by atoms with Gasteiger partial charge in [-0.1, -0.05) is 28.1 Å². The summed E-state index contributed by atoms with van der Waals surface area (Å²) in [5.74, 6) is 1.30. The summed E-state index contributed by atoms with van der Waals surface area (Å²) in [5, 5.41) is 3.24. The topological polar surface area (TPSA) is 29.1 Å². The van der Waals surface area contributed by atoms with Gasteiger partial charge < -0.3 is 5.32 Å². The van der Waals surface area contributed by atoms with Gasteiger partial charge in [0.05, 0.1) is 11.3 Å². The van der Waals surface area contributed by atoms with Gasteiger partial charge in [0.1, 0.15) is 0 Å². The van der Waals surface area contributed by atoms with Crippen molar-refractivity contribution < 1.29 is 4.79 Å². The number of thioether (sulfide) groups is 1. The second kappa shape index (κ2) is 5.91. The van der Waals surface area contributed by atoms with Crippen molar-refractivity contribution in [1.29, 1.82) is 0 Å². The molecular formula is C13H16BrNOS. The number of amides is 1. The van der Waals surface area contributed by atoms with Crippen molar-refractivity contribution in [1.82, 2.24) is 5.32 Å². The van der Waals surface area contributed by atoms with Crippen molar-refractivity contribution in [2.24, 2.45) is 0 Å². The number of nitrogens with one attached hydrogen (secondary N) is 1. The fraction of sp³-hybridized carbons (Fsp3) is 0.462. The van der Waals surface area contributed by atoms with Crippen LogP contribution >= 0.6 is 27.7 Å². The lowest BCUT2D eigenvalue weighted by Gasteiger charge is -2.17. The van der Waals surface area contributed by atoms with Gasteiger partial charge in [0.15, 0.2) is 0 Å². The molecule has 0 saturated carbocycles. The molecule has 1 aliphatic heterocycles. The standard InChI is InChI=1S/C13H16BrNOS/c1-9(10-4-6-11(14)7-5-10)15-13(16)12-3-2-8-17-12/h4-7,9,12H,2-3,8H2,1H3,(H,15,16). The van der Waals surface area contributed by atoms with Gasteiger partial charge >= 0.3 is 0 Å². The van der Waals surface area contributed by atoms with Gasteiger partial charge in [-0.25, -0.2) is 0 Å². The maximum atomic E-state index is 12.0. The molecule has 0 radical (unpaired) electrons. The minimum absolute atomic E-state index is 0.0804. The van der Waals surface area contributed by atoms with Crippen molar-refractivity contribution in [2.45, 2.75) is 31.1 Å². The van der Waals surface area contributed by atoms with Gasteiger partial charge in [0.2, 0.25) is 5.91 Å². The Balaban J connectivity index is 1.93. The SMILES string of the molecule is CC(NC(=O)C1CCCS1)c1ccc(Br)cc1. The van der Waals surface area contributed by atoms with E-state index in [0.717, 1.165) is 28.6 Å². The van der Waals surface area contributed by atoms with E-state index >= 15 is 0 Å². The van der Waals surface area contributed by atoms with E-state index in [4.69, 9.17) is 0 Å². The Labute approximate surface area is 115 Å². The number of carbonyl (C=O) groups excluding carboxylic acids is 1. The first kappa shape index (κ1) is 13.0. The van der Waals surface area contributed by atoms with E-state index in [0.29, 0.717) is 0 Å². The van der Waals surface area contributed by atoms with Crippen LogP contribution in [0.25, 0.3) is 0 Å². The van der Waals surface area contributed by atoms with Crippen LogP contribution in [0.3, 0.4) is 0 Å². The summed E-state index contributed by atoms with van der Waals surface area (Å²) in [7, 11) is 0. The molecule has 2 unspecified atom stereocenters. The fourth-order valence-electron chi connectivity index (χ4n) is 1.93. The molecule has 2 nitrogen and oxygen atoms in total. The molecule has 0 aromatic heterocycles. The van der Waals surface area contributed by atoms with Gasteiger partial charge in [0, 0.05) is 4.47 Å². The minimum atomic E-state index is 0.0804. The summed E-state index contributed by atoms with van der Waals surface area (Å²) >= 11 is 5.18. The highest BCUT2D eigenvalue weighted by Crippen LogP contribution is 2.27. The lowest BCUT2D eigenvalue weighted by atomic mass is 10.1. The summed E-state index contributed by atoms with van der Waals surface area (Å²) in [6, 6.07) is 8.16. The molecule has 17 heavy (non-hydrogen) atoms. The van der Waals surface area contributed by atoms with Crippen molar-refractivity contribution >= 4 is 33.6 Å². The van der Waals surface area contributed by atoms with Crippen LogP contribution in [0.5, 0.6) is 0 Å². The maximum Gasteiger partial charge on any atom is 0.233 e. The summed E-state index contributed by atoms with van der Waals surface area (Å²) in [5.41, 5.74) is 1.14. The van der Waals surface area contributed by atoms with Gasteiger partial charge in [-0.15, -0.1) is 11.8 Å². The number of rotatable bonds is 3. The van der Waals surface area contributed by atoms with Gasteiger partial charge in [-0.2, -0.15) is 0 Å². The highest BCUT2D eigenvalue weighted by atomic mass is 79.9. The first-order chi connectivity index (χ1) is 8.16. The van der Waals surface area contributed by atoms with E-state index in [1.165, 1.54) is 0 Å². The molecule has 0 spiro atoms. The molecule has 0 aliphatic carbocycles. The molecule has 2 rings (SSSR count). The Kier molecular flexibility index (Phi) is 4.51. The van der Waals surface area contributed by atoms with E-state index in [2.05, 4.69) is 21.2 Å². The monoisotopic (exact) mass is 313 g/mol. The van der Waals surface area contributed by atoms with Crippen LogP contribution < -0.4 is 5.32 Å². The van der Waals surface area contributed by atoms with Crippen LogP contribution in [0.2, 0.25) is 0 Å². The second-order valence-electron chi connectivity index (χ2n) is 4.28. The van der Waals surface area contributed by atoms with Crippen LogP contribution in [-0.4, -0.2) is 16.9 Å². The number of hydrogen-bond donors (Lipinski definition) is 1. The molecular weight excluding hydrogens is 298 g/mol. The minimum Gasteiger partial charge on any atom is -0.349 e. The molecule has 1 N–H and O–H groups in total. The van der Waals surface area contributed by atoms with E-state index in [-0.39, 0.29) is 17.2 Å². The Morgan fingerprint density at radius 1 is 1.47 bits per heavy atom. The van der Waals surface area contributed by atoms with Crippen molar-refractivity contribution in [3.63, 3.8) is 0 Å². The Hall–Kier alpha value is -0.480. The van der Waals surface area contributed by atoms with Crippen LogP contribution in [0.1, 0.15) is 31.4 Å². The van der Waals surface area contributed by atoms with Crippen LogP contribution in [0, 0.1) is 0 Å². The Morgan fingerprint density at radius 2 is 2.18 bits per heavy atom. The van der Waals surface area contributed by atoms with Crippen LogP contribution in [0.15, 0.2) is 28.7 Å². The van der Waals surface area contributed by atoms with Crippen molar-refractivity contribution in [3.05, 3.63) is 34.3 Å². The van der Waals surface area contributed by atoms with Crippen molar-refractivity contribution in [3.8, 4) is 0 Å². The third kappa shape index (κ3) is 3.49. The van der Waals surface area contributed by atoms with Crippen LogP contribution in [-0.2, 0) is 4.79 Å². The summed E-state index contributed by atoms with van der Waals surface area (Å²) in [6.45, 7) is 2.03. The quantitative estimate of drug-likeness (QED) is 0.925. The van der Waals surface area contributed by atoms with Crippen molar-refractivity contribution in [2.75, 3.05) is 5.75 Å². The molecule has 92 valence electrons. The third-order valence-electron chi connectivity index (χ3n) is 2.95. The number of hydrogen-bond acceptors (Lipinski definition) is 2. The zero-order valence-electron chi connectivity index (χ0n) is 9.78. The zero-order valence-corrected chi connectivity index (χ0v) is 12.2. The van der Waals surface area contributed by atoms with E-state index in [1.807, 2.05) is 31.2 Å². The molecule has 1 amide bonds. The smallest absolute Gasteiger partial charge is 0.233 e. The number of halogens is 1. The molecule has 4 heteroatoms. The Bertz CT molecular complexity index is 387. The lowest BCUT2D eigenvalue weighted by molar-refractivity contribution is -0.121. The molecule has 1 aliphatic rings. The molecule has 1 aromatic rings.